The molecule has 1 atom stereocenters. The summed E-state index contributed by atoms with van der Waals surface area (Å²) in [6.45, 7) is 1.93. The van der Waals surface area contributed by atoms with E-state index in [4.69, 9.17) is 5.11 Å². The van der Waals surface area contributed by atoms with Crippen LogP contribution >= 0.6 is 0 Å². The second-order valence-corrected chi connectivity index (χ2v) is 2.67. The minimum absolute atomic E-state index is 0.142. The molecule has 0 aliphatic carbocycles. The Morgan fingerprint density at radius 3 is 3.08 bits per heavy atom. The van der Waals surface area contributed by atoms with Gasteiger partial charge < -0.3 is 9.84 Å². The van der Waals surface area contributed by atoms with E-state index in [0.29, 0.717) is 6.54 Å². The van der Waals surface area contributed by atoms with Crippen LogP contribution in [0, 0.1) is 0 Å². The third-order valence-electron chi connectivity index (χ3n) is 1.38. The van der Waals surface area contributed by atoms with Crippen molar-refractivity contribution < 1.29 is 14.6 Å². The molecular weight excluding hydrogens is 174 g/mol. The lowest BCUT2D eigenvalue weighted by Gasteiger charge is -2.00. The van der Waals surface area contributed by atoms with Crippen molar-refractivity contribution in [3.8, 4) is 0 Å². The van der Waals surface area contributed by atoms with E-state index in [9.17, 15) is 4.79 Å². The molecule has 1 unspecified atom stereocenters. The Morgan fingerprint density at radius 1 is 1.85 bits per heavy atom. The molecule has 0 aliphatic rings. The van der Waals surface area contributed by atoms with Crippen molar-refractivity contribution in [2.75, 3.05) is 7.11 Å². The standard InChI is InChI=1S/C7H11N3O3/c1-5(11)3-10-4-6(8-9-10)7(12)13-2/h4-5,11H,3H2,1-2H3. The highest BCUT2D eigenvalue weighted by Gasteiger charge is 2.10. The normalized spacial score (nSPS) is 12.5. The van der Waals surface area contributed by atoms with Gasteiger partial charge in [-0.2, -0.15) is 0 Å². The third kappa shape index (κ3) is 2.51. The van der Waals surface area contributed by atoms with Crippen LogP contribution in [0.1, 0.15) is 17.4 Å². The highest BCUT2D eigenvalue weighted by Crippen LogP contribution is 1.96. The van der Waals surface area contributed by atoms with Crippen LogP contribution in [0.25, 0.3) is 0 Å². The molecule has 1 aromatic heterocycles. The lowest BCUT2D eigenvalue weighted by Crippen LogP contribution is -2.12. The molecule has 0 bridgehead atoms. The van der Waals surface area contributed by atoms with Crippen LogP contribution in [-0.4, -0.2) is 39.3 Å². The Labute approximate surface area is 75.1 Å². The maximum absolute atomic E-state index is 10.9. The fourth-order valence-corrected chi connectivity index (χ4v) is 0.856. The van der Waals surface area contributed by atoms with Gasteiger partial charge in [0.25, 0.3) is 0 Å². The van der Waals surface area contributed by atoms with Gasteiger partial charge in [-0.25, -0.2) is 9.48 Å². The topological polar surface area (TPSA) is 77.2 Å². The molecule has 0 radical (unpaired) electrons. The highest BCUT2D eigenvalue weighted by molar-refractivity contribution is 5.86. The molecule has 1 N–H and O–H groups in total. The molecule has 0 saturated carbocycles. The van der Waals surface area contributed by atoms with Crippen LogP contribution in [0.4, 0.5) is 0 Å². The summed E-state index contributed by atoms with van der Waals surface area (Å²) in [7, 11) is 1.27. The van der Waals surface area contributed by atoms with E-state index in [2.05, 4.69) is 15.0 Å². The summed E-state index contributed by atoms with van der Waals surface area (Å²) in [6.07, 6.45) is 0.908. The Hall–Kier alpha value is -1.43. The largest absolute Gasteiger partial charge is 0.464 e. The van der Waals surface area contributed by atoms with Gasteiger partial charge in [0, 0.05) is 0 Å². The van der Waals surface area contributed by atoms with E-state index in [1.54, 1.807) is 6.92 Å². The van der Waals surface area contributed by atoms with Crippen LogP contribution in [0.15, 0.2) is 6.20 Å². The molecule has 13 heavy (non-hydrogen) atoms. The Bertz CT molecular complexity index is 295. The molecule has 1 rings (SSSR count). The van der Waals surface area contributed by atoms with Crippen molar-refractivity contribution in [1.82, 2.24) is 15.0 Å². The van der Waals surface area contributed by atoms with Crippen molar-refractivity contribution in [2.45, 2.75) is 19.6 Å². The van der Waals surface area contributed by atoms with Crippen LogP contribution in [-0.2, 0) is 11.3 Å². The van der Waals surface area contributed by atoms with Crippen molar-refractivity contribution >= 4 is 5.97 Å². The van der Waals surface area contributed by atoms with Gasteiger partial charge in [-0.05, 0) is 6.92 Å². The zero-order chi connectivity index (χ0) is 9.84. The molecule has 1 heterocycles. The molecule has 0 saturated heterocycles. The van der Waals surface area contributed by atoms with Crippen molar-refractivity contribution in [2.24, 2.45) is 0 Å². The van der Waals surface area contributed by atoms with Gasteiger partial charge in [0.05, 0.1) is 26.0 Å². The van der Waals surface area contributed by atoms with Gasteiger partial charge in [0.15, 0.2) is 5.69 Å². The number of aliphatic hydroxyl groups is 1. The quantitative estimate of drug-likeness (QED) is 0.639. The molecule has 0 spiro atoms. The molecule has 6 nitrogen and oxygen atoms in total. The molecule has 1 aromatic rings. The SMILES string of the molecule is COC(=O)c1cn(CC(C)O)nn1. The number of ether oxygens (including phenoxy) is 1. The second-order valence-electron chi connectivity index (χ2n) is 2.67. The summed E-state index contributed by atoms with van der Waals surface area (Å²) >= 11 is 0. The van der Waals surface area contributed by atoms with Crippen LogP contribution < -0.4 is 0 Å². The van der Waals surface area contributed by atoms with Crippen molar-refractivity contribution in [3.05, 3.63) is 11.9 Å². The number of hydrogen-bond acceptors (Lipinski definition) is 5. The van der Waals surface area contributed by atoms with Gasteiger partial charge in [0.1, 0.15) is 0 Å². The number of aliphatic hydroxyl groups excluding tert-OH is 1. The maximum atomic E-state index is 10.9. The van der Waals surface area contributed by atoms with E-state index in [1.807, 2.05) is 0 Å². The fraction of sp³-hybridized carbons (Fsp3) is 0.571. The van der Waals surface area contributed by atoms with Gasteiger partial charge in [-0.1, -0.05) is 5.21 Å². The second kappa shape index (κ2) is 3.99. The summed E-state index contributed by atoms with van der Waals surface area (Å²) in [5.41, 5.74) is 0.142. The summed E-state index contributed by atoms with van der Waals surface area (Å²) in [5.74, 6) is -0.531. The minimum Gasteiger partial charge on any atom is -0.464 e. The van der Waals surface area contributed by atoms with E-state index in [1.165, 1.54) is 18.0 Å². The number of nitrogens with zero attached hydrogens (tertiary/aromatic N) is 3. The van der Waals surface area contributed by atoms with Gasteiger partial charge >= 0.3 is 5.97 Å². The molecule has 0 aromatic carbocycles. The smallest absolute Gasteiger partial charge is 0.360 e. The summed E-state index contributed by atoms with van der Waals surface area (Å²) in [4.78, 5) is 10.9. The van der Waals surface area contributed by atoms with Crippen LogP contribution in [0.5, 0.6) is 0 Å². The number of rotatable bonds is 3. The monoisotopic (exact) mass is 185 g/mol. The lowest BCUT2D eigenvalue weighted by atomic mass is 10.4. The summed E-state index contributed by atoms with van der Waals surface area (Å²) < 4.78 is 5.82. The Kier molecular flexibility index (Phi) is 2.97. The van der Waals surface area contributed by atoms with E-state index >= 15 is 0 Å². The van der Waals surface area contributed by atoms with Gasteiger partial charge in [-0.15, -0.1) is 5.10 Å². The molecule has 0 amide bonds. The van der Waals surface area contributed by atoms with E-state index in [-0.39, 0.29) is 5.69 Å². The lowest BCUT2D eigenvalue weighted by molar-refractivity contribution is 0.0593. The number of methoxy groups -OCH3 is 1. The Balaban J connectivity index is 2.69. The first-order valence-corrected chi connectivity index (χ1v) is 3.80. The first kappa shape index (κ1) is 9.66. The molecule has 72 valence electrons. The van der Waals surface area contributed by atoms with Gasteiger partial charge in [-0.3, -0.25) is 0 Å². The van der Waals surface area contributed by atoms with Crippen molar-refractivity contribution in [3.63, 3.8) is 0 Å². The zero-order valence-electron chi connectivity index (χ0n) is 7.47. The van der Waals surface area contributed by atoms with Crippen molar-refractivity contribution in [1.29, 1.82) is 0 Å². The first-order valence-electron chi connectivity index (χ1n) is 3.80. The number of aromatic nitrogens is 3. The first-order chi connectivity index (χ1) is 6.13. The maximum Gasteiger partial charge on any atom is 0.360 e. The molecular formula is C7H11N3O3. The van der Waals surface area contributed by atoms with Crippen LogP contribution in [0.3, 0.4) is 0 Å². The zero-order valence-corrected chi connectivity index (χ0v) is 7.47. The number of hydrogen-bond donors (Lipinski definition) is 1. The predicted molar refractivity (Wildman–Crippen MR) is 43.0 cm³/mol. The molecule has 0 aliphatic heterocycles. The number of carbonyl (C=O) groups excluding carboxylic acids is 1. The van der Waals surface area contributed by atoms with E-state index in [0.717, 1.165) is 0 Å². The summed E-state index contributed by atoms with van der Waals surface area (Å²) in [6, 6.07) is 0. The minimum atomic E-state index is -0.531. The highest BCUT2D eigenvalue weighted by atomic mass is 16.5. The molecule has 6 heteroatoms. The third-order valence-corrected chi connectivity index (χ3v) is 1.38. The average Bonchev–Trinajstić information content (AvgIpc) is 2.50. The average molecular weight is 185 g/mol. The number of carbonyl (C=O) groups is 1. The van der Waals surface area contributed by atoms with Gasteiger partial charge in [0.2, 0.25) is 0 Å². The fourth-order valence-electron chi connectivity index (χ4n) is 0.856. The summed E-state index contributed by atoms with van der Waals surface area (Å²) in [5, 5.41) is 16.2. The predicted octanol–water partition coefficient (Wildman–Crippen LogP) is -0.555. The number of esters is 1. The Morgan fingerprint density at radius 2 is 2.54 bits per heavy atom. The van der Waals surface area contributed by atoms with E-state index < -0.39 is 12.1 Å². The van der Waals surface area contributed by atoms with Crippen LogP contribution in [0.2, 0.25) is 0 Å². The molecule has 0 fully saturated rings.